The summed E-state index contributed by atoms with van der Waals surface area (Å²) < 4.78 is 11.3. The van der Waals surface area contributed by atoms with Crippen LogP contribution in [0.2, 0.25) is 0 Å². The molecule has 22 heavy (non-hydrogen) atoms. The van der Waals surface area contributed by atoms with E-state index in [2.05, 4.69) is 15.9 Å². The molecule has 0 bridgehead atoms. The van der Waals surface area contributed by atoms with Gasteiger partial charge in [0, 0.05) is 17.0 Å². The van der Waals surface area contributed by atoms with Gasteiger partial charge in [-0.1, -0.05) is 0 Å². The van der Waals surface area contributed by atoms with E-state index in [0.29, 0.717) is 15.8 Å². The molecule has 7 heteroatoms. The number of carbonyl (C=O) groups excluding carboxylic acids is 1. The minimum Gasteiger partial charge on any atom is -0.482 e. The van der Waals surface area contributed by atoms with Gasteiger partial charge in [-0.2, -0.15) is 0 Å². The average Bonchev–Trinajstić information content (AvgIpc) is 2.54. The van der Waals surface area contributed by atoms with Crippen molar-refractivity contribution >= 4 is 32.8 Å². The number of ether oxygens (including phenoxy) is 1. The summed E-state index contributed by atoms with van der Waals surface area (Å²) >= 11 is 3.40. The first-order valence-corrected chi connectivity index (χ1v) is 7.73. The van der Waals surface area contributed by atoms with Gasteiger partial charge in [-0.05, 0) is 53.2 Å². The van der Waals surface area contributed by atoms with Crippen LogP contribution in [0.3, 0.4) is 0 Å². The summed E-state index contributed by atoms with van der Waals surface area (Å²) in [6.45, 7) is -0.338. The molecule has 0 saturated carbocycles. The maximum atomic E-state index is 12.1. The molecule has 0 atom stereocenters. The van der Waals surface area contributed by atoms with Crippen LogP contribution >= 0.6 is 15.9 Å². The third-order valence-corrected chi connectivity index (χ3v) is 4.38. The average molecular weight is 368 g/mol. The van der Waals surface area contributed by atoms with Crippen LogP contribution in [0.1, 0.15) is 24.0 Å². The lowest BCUT2D eigenvalue weighted by Gasteiger charge is -2.17. The van der Waals surface area contributed by atoms with E-state index in [1.54, 1.807) is 6.07 Å². The summed E-state index contributed by atoms with van der Waals surface area (Å²) in [5.41, 5.74) is 3.43. The molecule has 2 N–H and O–H groups in total. The fraction of sp³-hybridized carbons (Fsp3) is 0.333. The van der Waals surface area contributed by atoms with Crippen molar-refractivity contribution in [2.45, 2.75) is 25.7 Å². The van der Waals surface area contributed by atoms with E-state index in [1.165, 1.54) is 5.48 Å². The number of benzene rings is 1. The molecule has 0 saturated heterocycles. The van der Waals surface area contributed by atoms with Crippen LogP contribution in [0.15, 0.2) is 25.8 Å². The van der Waals surface area contributed by atoms with Crippen molar-refractivity contribution in [3.05, 3.63) is 38.2 Å². The Morgan fingerprint density at radius 2 is 2.05 bits per heavy atom. The lowest BCUT2D eigenvalue weighted by molar-refractivity contribution is -0.131. The highest BCUT2D eigenvalue weighted by Gasteiger charge is 2.19. The zero-order valence-electron chi connectivity index (χ0n) is 11.6. The molecular weight excluding hydrogens is 354 g/mol. The number of hydrogen-bond donors (Lipinski definition) is 2. The second-order valence-electron chi connectivity index (χ2n) is 5.16. The molecule has 1 aromatic heterocycles. The lowest BCUT2D eigenvalue weighted by Crippen LogP contribution is -2.25. The van der Waals surface area contributed by atoms with Crippen LogP contribution in [0.5, 0.6) is 5.75 Å². The molecule has 1 heterocycles. The Labute approximate surface area is 134 Å². The lowest BCUT2D eigenvalue weighted by atomic mass is 9.91. The number of amides is 1. The van der Waals surface area contributed by atoms with E-state index >= 15 is 0 Å². The van der Waals surface area contributed by atoms with Gasteiger partial charge in [0.2, 0.25) is 0 Å². The van der Waals surface area contributed by atoms with Crippen molar-refractivity contribution < 1.29 is 19.2 Å². The second kappa shape index (κ2) is 6.10. The van der Waals surface area contributed by atoms with Gasteiger partial charge in [0.25, 0.3) is 5.91 Å². The van der Waals surface area contributed by atoms with Crippen LogP contribution in [0, 0.1) is 0 Å². The van der Waals surface area contributed by atoms with Gasteiger partial charge in [-0.25, -0.2) is 10.3 Å². The Kier molecular flexibility index (Phi) is 4.17. The number of rotatable bonds is 3. The molecular formula is C15H14BrNO5. The topological polar surface area (TPSA) is 88.8 Å². The molecule has 1 aliphatic rings. The third kappa shape index (κ3) is 2.74. The first-order valence-electron chi connectivity index (χ1n) is 6.94. The standard InChI is InChI=1S/C15H14BrNO5/c16-11-5-10-8-3-1-2-4-9(8)15(19)22-12(10)6-13(11)21-7-14(18)17-20/h5-6,20H,1-4,7H2,(H,17,18). The summed E-state index contributed by atoms with van der Waals surface area (Å²) in [7, 11) is 0. The SMILES string of the molecule is O=C(COc1cc2oc(=O)c3c(c2cc1Br)CCCC3)NO. The summed E-state index contributed by atoms with van der Waals surface area (Å²) in [6.07, 6.45) is 3.66. The summed E-state index contributed by atoms with van der Waals surface area (Å²) in [5.74, 6) is -0.297. The predicted octanol–water partition coefficient (Wildman–Crippen LogP) is 2.32. The molecule has 1 aliphatic carbocycles. The van der Waals surface area contributed by atoms with Crippen molar-refractivity contribution in [2.75, 3.05) is 6.61 Å². The Hall–Kier alpha value is -1.86. The molecule has 0 unspecified atom stereocenters. The zero-order valence-corrected chi connectivity index (χ0v) is 13.2. The smallest absolute Gasteiger partial charge is 0.339 e. The van der Waals surface area contributed by atoms with Crippen LogP contribution in [0.4, 0.5) is 0 Å². The number of carbonyl (C=O) groups is 1. The maximum Gasteiger partial charge on any atom is 0.339 e. The highest BCUT2D eigenvalue weighted by molar-refractivity contribution is 9.10. The van der Waals surface area contributed by atoms with Gasteiger partial charge in [0.15, 0.2) is 6.61 Å². The minimum atomic E-state index is -0.668. The first kappa shape index (κ1) is 15.1. The van der Waals surface area contributed by atoms with E-state index in [9.17, 15) is 9.59 Å². The maximum absolute atomic E-state index is 12.1. The summed E-state index contributed by atoms with van der Waals surface area (Å²) in [5, 5.41) is 9.36. The Balaban J connectivity index is 2.06. The molecule has 0 fully saturated rings. The molecule has 1 amide bonds. The number of fused-ring (bicyclic) bond motifs is 3. The normalized spacial score (nSPS) is 13.7. The van der Waals surface area contributed by atoms with Gasteiger partial charge in [0.1, 0.15) is 11.3 Å². The number of aryl methyl sites for hydroxylation is 1. The number of halogens is 1. The minimum absolute atomic E-state index is 0.302. The van der Waals surface area contributed by atoms with E-state index < -0.39 is 5.91 Å². The Bertz CT molecular complexity index is 799. The van der Waals surface area contributed by atoms with Crippen LogP contribution in [0.25, 0.3) is 11.0 Å². The molecule has 0 aliphatic heterocycles. The van der Waals surface area contributed by atoms with Crippen LogP contribution in [-0.2, 0) is 17.6 Å². The second-order valence-corrected chi connectivity index (χ2v) is 6.01. The van der Waals surface area contributed by atoms with Crippen LogP contribution < -0.4 is 15.8 Å². The van der Waals surface area contributed by atoms with Crippen molar-refractivity contribution in [1.82, 2.24) is 5.48 Å². The molecule has 6 nitrogen and oxygen atoms in total. The monoisotopic (exact) mass is 367 g/mol. The van der Waals surface area contributed by atoms with Gasteiger partial charge < -0.3 is 9.15 Å². The number of hydroxylamine groups is 1. The van der Waals surface area contributed by atoms with E-state index in [4.69, 9.17) is 14.4 Å². The summed E-state index contributed by atoms with van der Waals surface area (Å²) in [4.78, 5) is 23.1. The van der Waals surface area contributed by atoms with Gasteiger partial charge >= 0.3 is 5.63 Å². The van der Waals surface area contributed by atoms with E-state index in [-0.39, 0.29) is 12.2 Å². The van der Waals surface area contributed by atoms with Crippen molar-refractivity contribution in [1.29, 1.82) is 0 Å². The molecule has 116 valence electrons. The molecule has 2 aromatic rings. The first-order chi connectivity index (χ1) is 10.6. The van der Waals surface area contributed by atoms with Crippen molar-refractivity contribution in [3.63, 3.8) is 0 Å². The predicted molar refractivity (Wildman–Crippen MR) is 82.3 cm³/mol. The highest BCUT2D eigenvalue weighted by atomic mass is 79.9. The molecule has 3 rings (SSSR count). The molecule has 1 aromatic carbocycles. The van der Waals surface area contributed by atoms with Crippen LogP contribution in [-0.4, -0.2) is 17.7 Å². The Morgan fingerprint density at radius 3 is 2.77 bits per heavy atom. The number of hydrogen-bond acceptors (Lipinski definition) is 5. The highest BCUT2D eigenvalue weighted by Crippen LogP contribution is 2.34. The fourth-order valence-corrected chi connectivity index (χ4v) is 3.19. The number of nitrogens with one attached hydrogen (secondary N) is 1. The van der Waals surface area contributed by atoms with Gasteiger partial charge in [-0.3, -0.25) is 10.0 Å². The largest absolute Gasteiger partial charge is 0.482 e. The van der Waals surface area contributed by atoms with Gasteiger partial charge in [0.05, 0.1) is 4.47 Å². The van der Waals surface area contributed by atoms with E-state index in [0.717, 1.165) is 42.2 Å². The third-order valence-electron chi connectivity index (χ3n) is 3.76. The van der Waals surface area contributed by atoms with E-state index in [1.807, 2.05) is 6.07 Å². The van der Waals surface area contributed by atoms with Gasteiger partial charge in [-0.15, -0.1) is 0 Å². The fourth-order valence-electron chi connectivity index (χ4n) is 2.73. The zero-order chi connectivity index (χ0) is 15.7. The molecule has 0 spiro atoms. The Morgan fingerprint density at radius 1 is 1.32 bits per heavy atom. The molecule has 0 radical (unpaired) electrons. The van der Waals surface area contributed by atoms with Crippen molar-refractivity contribution in [2.24, 2.45) is 0 Å². The quantitative estimate of drug-likeness (QED) is 0.493. The summed E-state index contributed by atoms with van der Waals surface area (Å²) in [6, 6.07) is 3.43. The van der Waals surface area contributed by atoms with Crippen molar-refractivity contribution in [3.8, 4) is 5.75 Å².